The molecule has 0 N–H and O–H groups in total. The number of amides is 1. The first-order valence-corrected chi connectivity index (χ1v) is 8.33. The molecule has 1 aliphatic rings. The maximum Gasteiger partial charge on any atom is 0.344 e. The zero-order valence-electron chi connectivity index (χ0n) is 12.7. The smallest absolute Gasteiger partial charge is 0.344 e. The van der Waals surface area contributed by atoms with E-state index in [9.17, 15) is 9.59 Å². The van der Waals surface area contributed by atoms with Gasteiger partial charge in [0.05, 0.1) is 5.02 Å². The van der Waals surface area contributed by atoms with Crippen molar-refractivity contribution in [1.82, 2.24) is 4.90 Å². The van der Waals surface area contributed by atoms with Crippen LogP contribution in [0, 0.1) is 0 Å². The number of hydrogen-bond acceptors (Lipinski definition) is 4. The first kappa shape index (κ1) is 17.9. The topological polar surface area (TPSA) is 55.8 Å². The lowest BCUT2D eigenvalue weighted by Gasteiger charge is -2.19. The summed E-state index contributed by atoms with van der Waals surface area (Å²) in [5.41, 5.74) is 0. The maximum atomic E-state index is 12.0. The number of likely N-dealkylation sites (tertiary alicyclic amines) is 1. The minimum absolute atomic E-state index is 0.162. The highest BCUT2D eigenvalue weighted by atomic mass is 35.5. The van der Waals surface area contributed by atoms with E-state index >= 15 is 0 Å². The third-order valence-corrected chi connectivity index (χ3v) is 4.09. The molecule has 1 heterocycles. The van der Waals surface area contributed by atoms with E-state index in [1.807, 2.05) is 0 Å². The van der Waals surface area contributed by atoms with Crippen molar-refractivity contribution < 1.29 is 19.1 Å². The van der Waals surface area contributed by atoms with E-state index in [-0.39, 0.29) is 19.1 Å². The normalized spacial score (nSPS) is 15.0. The van der Waals surface area contributed by atoms with Crippen molar-refractivity contribution in [1.29, 1.82) is 0 Å². The van der Waals surface area contributed by atoms with Crippen LogP contribution in [0.3, 0.4) is 0 Å². The van der Waals surface area contributed by atoms with Gasteiger partial charge in [-0.05, 0) is 31.0 Å². The summed E-state index contributed by atoms with van der Waals surface area (Å²) in [7, 11) is 0. The SMILES string of the molecule is O=C(COc1ccc(Cl)cc1Cl)OCC(=O)N1CCCCCC1. The van der Waals surface area contributed by atoms with E-state index in [1.54, 1.807) is 17.0 Å². The second-order valence-electron chi connectivity index (χ2n) is 5.32. The Morgan fingerprint density at radius 1 is 1.04 bits per heavy atom. The predicted molar refractivity (Wildman–Crippen MR) is 88.0 cm³/mol. The molecular formula is C16H19Cl2NO4. The fourth-order valence-electron chi connectivity index (χ4n) is 2.32. The Kier molecular flexibility index (Phi) is 6.99. The summed E-state index contributed by atoms with van der Waals surface area (Å²) in [4.78, 5) is 25.4. The number of rotatable bonds is 5. The zero-order valence-corrected chi connectivity index (χ0v) is 14.2. The Hall–Kier alpha value is -1.46. The molecule has 1 aromatic rings. The highest BCUT2D eigenvalue weighted by Crippen LogP contribution is 2.27. The van der Waals surface area contributed by atoms with Gasteiger partial charge in [-0.15, -0.1) is 0 Å². The fraction of sp³-hybridized carbons (Fsp3) is 0.500. The monoisotopic (exact) mass is 359 g/mol. The number of ether oxygens (including phenoxy) is 2. The van der Waals surface area contributed by atoms with Gasteiger partial charge in [-0.2, -0.15) is 0 Å². The van der Waals surface area contributed by atoms with Crippen LogP contribution in [0.5, 0.6) is 5.75 Å². The fourth-order valence-corrected chi connectivity index (χ4v) is 2.79. The third kappa shape index (κ3) is 5.92. The minimum atomic E-state index is -0.612. The van der Waals surface area contributed by atoms with Crippen LogP contribution < -0.4 is 4.74 Å². The van der Waals surface area contributed by atoms with Crippen molar-refractivity contribution in [3.8, 4) is 5.75 Å². The van der Waals surface area contributed by atoms with E-state index in [4.69, 9.17) is 32.7 Å². The lowest BCUT2D eigenvalue weighted by Crippen LogP contribution is -2.35. The van der Waals surface area contributed by atoms with Crippen LogP contribution in [0.15, 0.2) is 18.2 Å². The molecule has 1 aromatic carbocycles. The molecule has 1 amide bonds. The first-order chi connectivity index (χ1) is 11.1. The minimum Gasteiger partial charge on any atom is -0.480 e. The molecule has 0 bridgehead atoms. The molecule has 0 aromatic heterocycles. The number of esters is 1. The van der Waals surface area contributed by atoms with Gasteiger partial charge in [0.15, 0.2) is 13.2 Å². The molecule has 1 aliphatic heterocycles. The largest absolute Gasteiger partial charge is 0.480 e. The van der Waals surface area contributed by atoms with Gasteiger partial charge in [0, 0.05) is 18.1 Å². The highest BCUT2D eigenvalue weighted by Gasteiger charge is 2.17. The van der Waals surface area contributed by atoms with E-state index in [0.29, 0.717) is 15.8 Å². The lowest BCUT2D eigenvalue weighted by atomic mass is 10.2. The molecule has 0 radical (unpaired) electrons. The van der Waals surface area contributed by atoms with Gasteiger partial charge in [0.25, 0.3) is 5.91 Å². The molecule has 0 aliphatic carbocycles. The summed E-state index contributed by atoms with van der Waals surface area (Å²) in [6.45, 7) is 0.895. The van der Waals surface area contributed by atoms with Gasteiger partial charge in [0.1, 0.15) is 5.75 Å². The van der Waals surface area contributed by atoms with Gasteiger partial charge < -0.3 is 14.4 Å². The highest BCUT2D eigenvalue weighted by molar-refractivity contribution is 6.35. The van der Waals surface area contributed by atoms with Crippen LogP contribution in [0.4, 0.5) is 0 Å². The van der Waals surface area contributed by atoms with Crippen molar-refractivity contribution in [2.24, 2.45) is 0 Å². The van der Waals surface area contributed by atoms with E-state index < -0.39 is 5.97 Å². The van der Waals surface area contributed by atoms with Gasteiger partial charge in [-0.1, -0.05) is 36.0 Å². The van der Waals surface area contributed by atoms with Crippen molar-refractivity contribution in [3.05, 3.63) is 28.2 Å². The van der Waals surface area contributed by atoms with E-state index in [2.05, 4.69) is 0 Å². The molecule has 5 nitrogen and oxygen atoms in total. The molecule has 7 heteroatoms. The summed E-state index contributed by atoms with van der Waals surface area (Å²) in [6, 6.07) is 4.70. The molecule has 0 unspecified atom stereocenters. The maximum absolute atomic E-state index is 12.0. The molecular weight excluding hydrogens is 341 g/mol. The van der Waals surface area contributed by atoms with Crippen molar-refractivity contribution >= 4 is 35.1 Å². The van der Waals surface area contributed by atoms with Crippen molar-refractivity contribution in [2.45, 2.75) is 25.7 Å². The Morgan fingerprint density at radius 3 is 2.39 bits per heavy atom. The van der Waals surface area contributed by atoms with Crippen molar-refractivity contribution in [3.63, 3.8) is 0 Å². The molecule has 2 rings (SSSR count). The van der Waals surface area contributed by atoms with Crippen molar-refractivity contribution in [2.75, 3.05) is 26.3 Å². The number of benzene rings is 1. The molecule has 0 saturated carbocycles. The summed E-state index contributed by atoms with van der Waals surface area (Å²) in [5, 5.41) is 0.791. The van der Waals surface area contributed by atoms with Crippen LogP contribution in [0.25, 0.3) is 0 Å². The summed E-state index contributed by atoms with van der Waals surface area (Å²) >= 11 is 11.7. The number of halogens is 2. The summed E-state index contributed by atoms with van der Waals surface area (Å²) in [5.74, 6) is -0.434. The van der Waals surface area contributed by atoms with Gasteiger partial charge in [0.2, 0.25) is 0 Å². The van der Waals surface area contributed by atoms with Gasteiger partial charge in [-0.25, -0.2) is 4.79 Å². The number of carbonyl (C=O) groups excluding carboxylic acids is 2. The Labute approximate surface area is 145 Å². The van der Waals surface area contributed by atoms with Gasteiger partial charge in [-0.3, -0.25) is 4.79 Å². The van der Waals surface area contributed by atoms with Crippen LogP contribution in [0.2, 0.25) is 10.0 Å². The number of nitrogens with zero attached hydrogens (tertiary/aromatic N) is 1. The van der Waals surface area contributed by atoms with Crippen LogP contribution in [0.1, 0.15) is 25.7 Å². The summed E-state index contributed by atoms with van der Waals surface area (Å²) in [6.07, 6.45) is 4.27. The van der Waals surface area contributed by atoms with Gasteiger partial charge >= 0.3 is 5.97 Å². The van der Waals surface area contributed by atoms with E-state index in [0.717, 1.165) is 38.8 Å². The van der Waals surface area contributed by atoms with E-state index in [1.165, 1.54) is 6.07 Å². The molecule has 126 valence electrons. The summed E-state index contributed by atoms with van der Waals surface area (Å²) < 4.78 is 10.2. The molecule has 1 saturated heterocycles. The molecule has 0 spiro atoms. The number of carbonyl (C=O) groups is 2. The average molecular weight is 360 g/mol. The van der Waals surface area contributed by atoms with Crippen LogP contribution in [-0.4, -0.2) is 43.1 Å². The van der Waals surface area contributed by atoms with Crippen LogP contribution in [-0.2, 0) is 14.3 Å². The molecule has 23 heavy (non-hydrogen) atoms. The second-order valence-corrected chi connectivity index (χ2v) is 6.16. The Bertz CT molecular complexity index is 557. The Morgan fingerprint density at radius 2 is 1.74 bits per heavy atom. The quantitative estimate of drug-likeness (QED) is 0.756. The average Bonchev–Trinajstić information content (AvgIpc) is 2.81. The third-order valence-electron chi connectivity index (χ3n) is 3.55. The molecule has 0 atom stereocenters. The molecule has 1 fully saturated rings. The second kappa shape index (κ2) is 8.99. The first-order valence-electron chi connectivity index (χ1n) is 7.57. The predicted octanol–water partition coefficient (Wildman–Crippen LogP) is 3.32. The zero-order chi connectivity index (χ0) is 16.7. The Balaban J connectivity index is 1.73. The number of hydrogen-bond donors (Lipinski definition) is 0. The van der Waals surface area contributed by atoms with Crippen LogP contribution >= 0.6 is 23.2 Å². The standard InChI is InChI=1S/C16H19Cl2NO4/c17-12-5-6-14(13(18)9-12)22-11-16(21)23-10-15(20)19-7-3-1-2-4-8-19/h5-6,9H,1-4,7-8,10-11H2. The lowest BCUT2D eigenvalue weighted by molar-refractivity contribution is -0.153.